The molecule has 0 saturated carbocycles. The van der Waals surface area contributed by atoms with Crippen molar-refractivity contribution in [1.82, 2.24) is 19.5 Å². The standard InChI is InChI=1S/C19H22FN5/c1-24-11-3-2-4-16(24)13-21-19-12-17(14-5-7-15(20)8-6-14)23-18-9-10-22-25(18)19/h5-10,12,16,21H,2-4,11,13H2,1H3/t16-/m0/s1. The number of halogens is 1. The van der Waals surface area contributed by atoms with Gasteiger partial charge in [-0.15, -0.1) is 0 Å². The molecule has 0 aliphatic carbocycles. The lowest BCUT2D eigenvalue weighted by Crippen LogP contribution is -2.41. The average Bonchev–Trinajstić information content (AvgIpc) is 3.10. The van der Waals surface area contributed by atoms with E-state index in [9.17, 15) is 4.39 Å². The molecule has 0 spiro atoms. The third-order valence-electron chi connectivity index (χ3n) is 4.94. The number of hydrogen-bond acceptors (Lipinski definition) is 4. The van der Waals surface area contributed by atoms with Gasteiger partial charge in [-0.2, -0.15) is 9.61 Å². The molecule has 130 valence electrons. The minimum Gasteiger partial charge on any atom is -0.368 e. The number of rotatable bonds is 4. The lowest BCUT2D eigenvalue weighted by atomic mass is 10.0. The van der Waals surface area contributed by atoms with E-state index in [0.717, 1.165) is 35.8 Å². The van der Waals surface area contributed by atoms with Crippen molar-refractivity contribution in [3.63, 3.8) is 0 Å². The molecule has 1 atom stereocenters. The number of likely N-dealkylation sites (tertiary alicyclic amines) is 1. The lowest BCUT2D eigenvalue weighted by molar-refractivity contribution is 0.194. The summed E-state index contributed by atoms with van der Waals surface area (Å²) >= 11 is 0. The zero-order chi connectivity index (χ0) is 17.2. The molecule has 25 heavy (non-hydrogen) atoms. The molecule has 2 aromatic heterocycles. The van der Waals surface area contributed by atoms with Gasteiger partial charge in [-0.05, 0) is 50.7 Å². The number of aromatic nitrogens is 3. The second-order valence-electron chi connectivity index (χ2n) is 6.65. The molecule has 3 heterocycles. The number of benzene rings is 1. The van der Waals surface area contributed by atoms with Gasteiger partial charge in [-0.25, -0.2) is 9.37 Å². The number of hydrogen-bond donors (Lipinski definition) is 1. The second-order valence-corrected chi connectivity index (χ2v) is 6.65. The molecule has 1 aromatic carbocycles. The van der Waals surface area contributed by atoms with E-state index in [1.165, 1.54) is 31.4 Å². The first-order valence-corrected chi connectivity index (χ1v) is 8.75. The van der Waals surface area contributed by atoms with Crippen LogP contribution < -0.4 is 5.32 Å². The summed E-state index contributed by atoms with van der Waals surface area (Å²) in [5, 5.41) is 7.91. The Balaban J connectivity index is 1.63. The summed E-state index contributed by atoms with van der Waals surface area (Å²) < 4.78 is 15.0. The Labute approximate surface area is 146 Å². The van der Waals surface area contributed by atoms with Gasteiger partial charge < -0.3 is 10.2 Å². The summed E-state index contributed by atoms with van der Waals surface area (Å²) in [6.45, 7) is 2.03. The third kappa shape index (κ3) is 3.35. The zero-order valence-corrected chi connectivity index (χ0v) is 14.3. The summed E-state index contributed by atoms with van der Waals surface area (Å²) in [6.07, 6.45) is 5.52. The SMILES string of the molecule is CN1CCCC[C@H]1CNc1cc(-c2ccc(F)cc2)nc2ccnn12. The summed E-state index contributed by atoms with van der Waals surface area (Å²) in [7, 11) is 2.19. The Bertz CT molecular complexity index is 858. The number of nitrogens with zero attached hydrogens (tertiary/aromatic N) is 4. The van der Waals surface area contributed by atoms with E-state index < -0.39 is 0 Å². The van der Waals surface area contributed by atoms with E-state index in [0.29, 0.717) is 6.04 Å². The predicted molar refractivity (Wildman–Crippen MR) is 97.1 cm³/mol. The van der Waals surface area contributed by atoms with Crippen LogP contribution in [0.15, 0.2) is 42.6 Å². The van der Waals surface area contributed by atoms with Crippen LogP contribution in [0.5, 0.6) is 0 Å². The quantitative estimate of drug-likeness (QED) is 0.791. The van der Waals surface area contributed by atoms with Crippen molar-refractivity contribution in [2.45, 2.75) is 25.3 Å². The molecule has 5 nitrogen and oxygen atoms in total. The van der Waals surface area contributed by atoms with E-state index in [-0.39, 0.29) is 5.82 Å². The van der Waals surface area contributed by atoms with Crippen LogP contribution >= 0.6 is 0 Å². The molecule has 4 rings (SSSR count). The minimum atomic E-state index is -0.243. The van der Waals surface area contributed by atoms with Gasteiger partial charge >= 0.3 is 0 Å². The van der Waals surface area contributed by atoms with E-state index in [1.54, 1.807) is 18.3 Å². The van der Waals surface area contributed by atoms with Crippen molar-refractivity contribution >= 4 is 11.5 Å². The first-order valence-electron chi connectivity index (χ1n) is 8.75. The molecule has 1 saturated heterocycles. The molecule has 3 aromatic rings. The van der Waals surface area contributed by atoms with Crippen molar-refractivity contribution in [2.24, 2.45) is 0 Å². The van der Waals surface area contributed by atoms with Crippen LogP contribution in [0.4, 0.5) is 10.2 Å². The maximum atomic E-state index is 13.2. The Kier molecular flexibility index (Phi) is 4.36. The molecule has 1 aliphatic heterocycles. The van der Waals surface area contributed by atoms with Gasteiger partial charge in [-0.3, -0.25) is 0 Å². The van der Waals surface area contributed by atoms with Crippen LogP contribution in [0.25, 0.3) is 16.9 Å². The van der Waals surface area contributed by atoms with E-state index >= 15 is 0 Å². The van der Waals surface area contributed by atoms with Gasteiger partial charge in [0.05, 0.1) is 11.9 Å². The van der Waals surface area contributed by atoms with Gasteiger partial charge in [0.15, 0.2) is 5.65 Å². The molecule has 0 unspecified atom stereocenters. The molecule has 0 amide bonds. The molecule has 1 N–H and O–H groups in total. The summed E-state index contributed by atoms with van der Waals surface area (Å²) in [5.41, 5.74) is 2.48. The van der Waals surface area contributed by atoms with Crippen LogP contribution in [-0.2, 0) is 0 Å². The second kappa shape index (κ2) is 6.80. The molecule has 1 aliphatic rings. The van der Waals surface area contributed by atoms with Crippen molar-refractivity contribution in [1.29, 1.82) is 0 Å². The first-order chi connectivity index (χ1) is 12.2. The minimum absolute atomic E-state index is 0.243. The van der Waals surface area contributed by atoms with Crippen LogP contribution in [-0.4, -0.2) is 45.7 Å². The molecule has 1 fully saturated rings. The van der Waals surface area contributed by atoms with Crippen LogP contribution in [0, 0.1) is 5.82 Å². The summed E-state index contributed by atoms with van der Waals surface area (Å²) in [4.78, 5) is 7.05. The highest BCUT2D eigenvalue weighted by atomic mass is 19.1. The van der Waals surface area contributed by atoms with Crippen LogP contribution in [0.2, 0.25) is 0 Å². The average molecular weight is 339 g/mol. The number of fused-ring (bicyclic) bond motifs is 1. The fourth-order valence-electron chi connectivity index (χ4n) is 3.43. The van der Waals surface area contributed by atoms with Crippen LogP contribution in [0.3, 0.4) is 0 Å². The summed E-state index contributed by atoms with van der Waals surface area (Å²) in [6, 6.07) is 10.8. The Morgan fingerprint density at radius 3 is 2.84 bits per heavy atom. The highest BCUT2D eigenvalue weighted by Gasteiger charge is 2.19. The monoisotopic (exact) mass is 339 g/mol. The lowest BCUT2D eigenvalue weighted by Gasteiger charge is -2.32. The summed E-state index contributed by atoms with van der Waals surface area (Å²) in [5.74, 6) is 0.668. The van der Waals surface area contributed by atoms with Gasteiger partial charge in [0.25, 0.3) is 0 Å². The molecule has 0 radical (unpaired) electrons. The highest BCUT2D eigenvalue weighted by Crippen LogP contribution is 2.23. The van der Waals surface area contributed by atoms with Gasteiger partial charge in [0.2, 0.25) is 0 Å². The van der Waals surface area contributed by atoms with Crippen molar-refractivity contribution in [3.05, 3.63) is 48.4 Å². The zero-order valence-electron chi connectivity index (χ0n) is 14.3. The Morgan fingerprint density at radius 1 is 1.20 bits per heavy atom. The molecular formula is C19H22FN5. The topological polar surface area (TPSA) is 45.5 Å². The van der Waals surface area contributed by atoms with Crippen molar-refractivity contribution in [2.75, 3.05) is 25.5 Å². The maximum absolute atomic E-state index is 13.2. The maximum Gasteiger partial charge on any atom is 0.157 e. The smallest absolute Gasteiger partial charge is 0.157 e. The Hall–Kier alpha value is -2.47. The molecule has 0 bridgehead atoms. The molecule has 6 heteroatoms. The fraction of sp³-hybridized carbons (Fsp3) is 0.368. The predicted octanol–water partition coefficient (Wildman–Crippen LogP) is 3.43. The van der Waals surface area contributed by atoms with Gasteiger partial charge in [0.1, 0.15) is 11.6 Å². The van der Waals surface area contributed by atoms with Crippen molar-refractivity contribution in [3.8, 4) is 11.3 Å². The largest absolute Gasteiger partial charge is 0.368 e. The number of nitrogens with one attached hydrogen (secondary N) is 1. The van der Waals surface area contributed by atoms with Gasteiger partial charge in [0, 0.05) is 30.3 Å². The van der Waals surface area contributed by atoms with Gasteiger partial charge in [-0.1, -0.05) is 6.42 Å². The number of likely N-dealkylation sites (N-methyl/N-ethyl adjacent to an activating group) is 1. The highest BCUT2D eigenvalue weighted by molar-refractivity contribution is 5.66. The van der Waals surface area contributed by atoms with E-state index in [2.05, 4.69) is 27.3 Å². The Morgan fingerprint density at radius 2 is 2.04 bits per heavy atom. The fourth-order valence-corrected chi connectivity index (χ4v) is 3.43. The number of piperidine rings is 1. The molecular weight excluding hydrogens is 317 g/mol. The van der Waals surface area contributed by atoms with Crippen LogP contribution in [0.1, 0.15) is 19.3 Å². The first kappa shape index (κ1) is 16.0. The third-order valence-corrected chi connectivity index (χ3v) is 4.94. The normalized spacial score (nSPS) is 18.6. The number of anilines is 1. The van der Waals surface area contributed by atoms with E-state index in [1.807, 2.05) is 16.6 Å². The van der Waals surface area contributed by atoms with E-state index in [4.69, 9.17) is 0 Å². The van der Waals surface area contributed by atoms with Crippen molar-refractivity contribution < 1.29 is 4.39 Å².